The number of primary amides is 1. The highest BCUT2D eigenvalue weighted by molar-refractivity contribution is 6.37. The van der Waals surface area contributed by atoms with Crippen LogP contribution in [0.2, 0.25) is 0 Å². The number of likely N-dealkylation sites (tertiary alicyclic amines) is 1. The van der Waals surface area contributed by atoms with Crippen molar-refractivity contribution in [3.8, 4) is 0 Å². The van der Waals surface area contributed by atoms with Crippen molar-refractivity contribution in [3.05, 3.63) is 0 Å². The molecule has 2 aliphatic heterocycles. The third-order valence-electron chi connectivity index (χ3n) is 9.72. The number of carbonyl (C=O) groups is 5. The minimum Gasteiger partial charge on any atom is -0.444 e. The summed E-state index contributed by atoms with van der Waals surface area (Å²) in [4.78, 5) is 66.5. The number of hydrogen-bond acceptors (Lipinski definition) is 7. The number of carbonyl (C=O) groups excluding carboxylic acids is 5. The van der Waals surface area contributed by atoms with Gasteiger partial charge in [-0.2, -0.15) is 0 Å². The number of nitrogens with zero attached hydrogens (tertiary/aromatic N) is 1. The maximum atomic E-state index is 14.1. The molecule has 2 saturated heterocycles. The van der Waals surface area contributed by atoms with Gasteiger partial charge < -0.3 is 30.7 Å². The highest BCUT2D eigenvalue weighted by Gasteiger charge is 2.69. The Hall–Kier alpha value is -2.69. The summed E-state index contributed by atoms with van der Waals surface area (Å²) in [5.74, 6) is -2.30. The molecule has 11 nitrogen and oxygen atoms in total. The topological polar surface area (TPSA) is 157 Å². The van der Waals surface area contributed by atoms with Crippen molar-refractivity contribution in [3.63, 3.8) is 0 Å². The summed E-state index contributed by atoms with van der Waals surface area (Å²) in [5.41, 5.74) is 5.15. The Morgan fingerprint density at radius 1 is 1.03 bits per heavy atom. The molecule has 3 aliphatic carbocycles. The Kier molecular flexibility index (Phi) is 7.90. The van der Waals surface area contributed by atoms with Crippen molar-refractivity contribution in [1.29, 1.82) is 0 Å². The number of nitrogens with two attached hydrogens (primary N) is 1. The number of amides is 4. The molecule has 0 aromatic carbocycles. The Labute approximate surface area is 229 Å². The van der Waals surface area contributed by atoms with Gasteiger partial charge in [-0.3, -0.25) is 19.2 Å². The summed E-state index contributed by atoms with van der Waals surface area (Å²) in [7, 11) is 0. The van der Waals surface area contributed by atoms with Crippen LogP contribution in [0.25, 0.3) is 0 Å². The van der Waals surface area contributed by atoms with Crippen LogP contribution < -0.4 is 16.4 Å². The number of ketones is 1. The molecule has 4 amide bonds. The molecule has 39 heavy (non-hydrogen) atoms. The number of hydrogen-bond donors (Lipinski definition) is 3. The lowest BCUT2D eigenvalue weighted by Crippen LogP contribution is -2.59. The molecule has 2 unspecified atom stereocenters. The molecule has 2 heterocycles. The molecule has 0 spiro atoms. The van der Waals surface area contributed by atoms with E-state index in [1.54, 1.807) is 4.90 Å². The Morgan fingerprint density at radius 3 is 2.36 bits per heavy atom. The largest absolute Gasteiger partial charge is 0.444 e. The van der Waals surface area contributed by atoms with Gasteiger partial charge in [-0.05, 0) is 48.3 Å². The van der Waals surface area contributed by atoms with Crippen molar-refractivity contribution in [1.82, 2.24) is 15.5 Å². The summed E-state index contributed by atoms with van der Waals surface area (Å²) in [6.45, 7) is 5.44. The predicted molar refractivity (Wildman–Crippen MR) is 139 cm³/mol. The van der Waals surface area contributed by atoms with Crippen LogP contribution in [0.1, 0.15) is 71.6 Å². The van der Waals surface area contributed by atoms with Gasteiger partial charge in [-0.25, -0.2) is 4.79 Å². The van der Waals surface area contributed by atoms with Crippen molar-refractivity contribution < 1.29 is 33.4 Å². The number of nitrogens with one attached hydrogen (secondary N) is 2. The quantitative estimate of drug-likeness (QED) is 0.348. The van der Waals surface area contributed by atoms with Crippen LogP contribution in [0, 0.1) is 29.1 Å². The zero-order chi connectivity index (χ0) is 27.9. The first kappa shape index (κ1) is 27.9. The molecule has 0 aromatic heterocycles. The molecule has 11 heteroatoms. The SMILES string of the molecule is CC1(C)[C@@H]2[C@@H](C(=O)NC(CC3CC3)C(=O)C(N)=O)N(C(=O)[C@@H](NC(=O)OC3CCOC3)C3CCCCC3)C[C@@H]21. The summed E-state index contributed by atoms with van der Waals surface area (Å²) in [5, 5.41) is 5.64. The monoisotopic (exact) mass is 546 g/mol. The van der Waals surface area contributed by atoms with Gasteiger partial charge >= 0.3 is 6.09 Å². The molecule has 0 bridgehead atoms. The molecule has 4 N–H and O–H groups in total. The van der Waals surface area contributed by atoms with Crippen LogP contribution in [-0.4, -0.2) is 78.5 Å². The molecule has 3 saturated carbocycles. The van der Waals surface area contributed by atoms with Crippen LogP contribution in [-0.2, 0) is 28.7 Å². The number of fused-ring (bicyclic) bond motifs is 1. The second kappa shape index (κ2) is 11.1. The van der Waals surface area contributed by atoms with E-state index in [0.717, 1.165) is 44.9 Å². The van der Waals surface area contributed by atoms with Crippen molar-refractivity contribution >= 4 is 29.6 Å². The predicted octanol–water partition coefficient (Wildman–Crippen LogP) is 1.27. The molecular weight excluding hydrogens is 504 g/mol. The fourth-order valence-electron chi connectivity index (χ4n) is 7.11. The maximum Gasteiger partial charge on any atom is 0.408 e. The first-order valence-electron chi connectivity index (χ1n) is 14.6. The van der Waals surface area contributed by atoms with Crippen LogP contribution >= 0.6 is 0 Å². The van der Waals surface area contributed by atoms with E-state index in [0.29, 0.717) is 32.6 Å². The van der Waals surface area contributed by atoms with E-state index in [9.17, 15) is 24.0 Å². The summed E-state index contributed by atoms with van der Waals surface area (Å²) >= 11 is 0. The van der Waals surface area contributed by atoms with Crippen LogP contribution in [0.15, 0.2) is 0 Å². The van der Waals surface area contributed by atoms with Crippen LogP contribution in [0.3, 0.4) is 0 Å². The van der Waals surface area contributed by atoms with E-state index in [1.807, 2.05) is 0 Å². The molecule has 5 rings (SSSR count). The fraction of sp³-hybridized carbons (Fsp3) is 0.821. The highest BCUT2D eigenvalue weighted by Crippen LogP contribution is 2.65. The standard InChI is InChI=1S/C28H42N4O7/c1-28(2)18-13-32(22(20(18)28)25(35)30-19(12-15-8-9-15)23(33)24(29)34)26(36)21(16-6-4-3-5-7-16)31-27(37)39-17-10-11-38-14-17/h15-22H,3-14H2,1-2H3,(H2,29,34)(H,30,35)(H,31,37)/t17?,18-,19?,20-,21-,22-/m0/s1. The zero-order valence-corrected chi connectivity index (χ0v) is 23.0. The maximum absolute atomic E-state index is 14.1. The van der Waals surface area contributed by atoms with E-state index in [4.69, 9.17) is 15.2 Å². The van der Waals surface area contributed by atoms with Crippen LogP contribution in [0.4, 0.5) is 4.79 Å². The normalized spacial score (nSPS) is 31.1. The average molecular weight is 547 g/mol. The Balaban J connectivity index is 1.34. The van der Waals surface area contributed by atoms with Gasteiger partial charge in [-0.15, -0.1) is 0 Å². The lowest BCUT2D eigenvalue weighted by Gasteiger charge is -2.37. The summed E-state index contributed by atoms with van der Waals surface area (Å²) in [6, 6.07) is -2.58. The third kappa shape index (κ3) is 5.93. The second-order valence-corrected chi connectivity index (χ2v) is 12.8. The second-order valence-electron chi connectivity index (χ2n) is 12.8. The third-order valence-corrected chi connectivity index (χ3v) is 9.72. The van der Waals surface area contributed by atoms with Crippen molar-refractivity contribution in [2.24, 2.45) is 34.8 Å². The number of rotatable bonds is 10. The van der Waals surface area contributed by atoms with Gasteiger partial charge in [-0.1, -0.05) is 46.0 Å². The van der Waals surface area contributed by atoms with E-state index >= 15 is 0 Å². The number of alkyl carbamates (subject to hydrolysis) is 1. The van der Waals surface area contributed by atoms with E-state index in [2.05, 4.69) is 24.5 Å². The lowest BCUT2D eigenvalue weighted by molar-refractivity contribution is -0.144. The van der Waals surface area contributed by atoms with Crippen molar-refractivity contribution in [2.75, 3.05) is 19.8 Å². The van der Waals surface area contributed by atoms with Gasteiger partial charge in [0.2, 0.25) is 17.6 Å². The molecule has 216 valence electrons. The Bertz CT molecular complexity index is 1000. The molecular formula is C28H42N4O7. The van der Waals surface area contributed by atoms with Crippen LogP contribution in [0.5, 0.6) is 0 Å². The Morgan fingerprint density at radius 2 is 1.74 bits per heavy atom. The van der Waals surface area contributed by atoms with Gasteiger partial charge in [0.05, 0.1) is 19.3 Å². The first-order chi connectivity index (χ1) is 18.6. The lowest BCUT2D eigenvalue weighted by atomic mass is 9.83. The molecule has 5 fully saturated rings. The molecule has 6 atom stereocenters. The minimum atomic E-state index is -1.07. The van der Waals surface area contributed by atoms with Gasteiger partial charge in [0.1, 0.15) is 18.2 Å². The number of piperidine rings is 1. The van der Waals surface area contributed by atoms with E-state index in [1.165, 1.54) is 0 Å². The molecule has 0 aromatic rings. The minimum absolute atomic E-state index is 0.0497. The number of Topliss-reactive ketones (excluding diaryl/α,β-unsaturated/α-hetero) is 1. The smallest absolute Gasteiger partial charge is 0.408 e. The van der Waals surface area contributed by atoms with Crippen molar-refractivity contribution in [2.45, 2.75) is 95.9 Å². The highest BCUT2D eigenvalue weighted by atomic mass is 16.6. The van der Waals surface area contributed by atoms with E-state index < -0.39 is 41.8 Å². The van der Waals surface area contributed by atoms with E-state index in [-0.39, 0.29) is 41.1 Å². The number of ether oxygens (including phenoxy) is 2. The zero-order valence-electron chi connectivity index (χ0n) is 23.0. The van der Waals surface area contributed by atoms with Gasteiger partial charge in [0.25, 0.3) is 5.91 Å². The van der Waals surface area contributed by atoms with Gasteiger partial charge in [0, 0.05) is 13.0 Å². The fourth-order valence-corrected chi connectivity index (χ4v) is 7.11. The summed E-state index contributed by atoms with van der Waals surface area (Å²) in [6.07, 6.45) is 6.56. The first-order valence-corrected chi connectivity index (χ1v) is 14.6. The summed E-state index contributed by atoms with van der Waals surface area (Å²) < 4.78 is 10.8. The molecule has 5 aliphatic rings. The average Bonchev–Trinajstić information content (AvgIpc) is 3.62. The molecule has 0 radical (unpaired) electrons. The van der Waals surface area contributed by atoms with Gasteiger partial charge in [0.15, 0.2) is 0 Å².